The largest absolute Gasteiger partial charge is 0.458 e. The van der Waals surface area contributed by atoms with E-state index in [0.717, 1.165) is 19.3 Å². The van der Waals surface area contributed by atoms with E-state index < -0.39 is 84.1 Å². The average Bonchev–Trinajstić information content (AvgIpc) is 3.66. The van der Waals surface area contributed by atoms with Gasteiger partial charge in [0.2, 0.25) is 23.5 Å². The molecule has 1 saturated heterocycles. The second-order valence-electron chi connectivity index (χ2n) is 15.3. The lowest BCUT2D eigenvalue weighted by atomic mass is 9.83. The van der Waals surface area contributed by atoms with E-state index in [9.17, 15) is 33.6 Å². The Morgan fingerprint density at radius 1 is 0.836 bits per heavy atom. The summed E-state index contributed by atoms with van der Waals surface area (Å²) >= 11 is 0. The van der Waals surface area contributed by atoms with Gasteiger partial charge in [-0.1, -0.05) is 76.8 Å². The van der Waals surface area contributed by atoms with E-state index in [0.29, 0.717) is 24.8 Å². The van der Waals surface area contributed by atoms with Gasteiger partial charge in [-0.25, -0.2) is 9.59 Å². The van der Waals surface area contributed by atoms with Crippen LogP contribution >= 0.6 is 0 Å². The first-order valence-electron chi connectivity index (χ1n) is 19.2. The molecule has 1 aliphatic carbocycles. The van der Waals surface area contributed by atoms with Gasteiger partial charge < -0.3 is 45.5 Å². The summed E-state index contributed by atoms with van der Waals surface area (Å²) in [7, 11) is 0. The summed E-state index contributed by atoms with van der Waals surface area (Å²) in [6, 6.07) is 3.70. The van der Waals surface area contributed by atoms with Gasteiger partial charge in [-0.15, -0.1) is 0 Å². The first-order chi connectivity index (χ1) is 26.1. The number of ether oxygens (including phenoxy) is 4. The molecule has 3 rings (SSSR count). The van der Waals surface area contributed by atoms with Crippen molar-refractivity contribution in [2.45, 2.75) is 129 Å². The summed E-state index contributed by atoms with van der Waals surface area (Å²) in [5.74, 6) is -5.08. The number of ketones is 1. The van der Waals surface area contributed by atoms with Gasteiger partial charge in [0.25, 0.3) is 5.91 Å². The number of amides is 5. The summed E-state index contributed by atoms with van der Waals surface area (Å²) in [5.41, 5.74) is -0.373. The van der Waals surface area contributed by atoms with Gasteiger partial charge >= 0.3 is 12.1 Å². The molecule has 5 amide bonds. The normalized spacial score (nSPS) is 17.2. The molecule has 0 aromatic heterocycles. The van der Waals surface area contributed by atoms with E-state index >= 15 is 0 Å². The van der Waals surface area contributed by atoms with Gasteiger partial charge in [0.05, 0.1) is 32.4 Å². The van der Waals surface area contributed by atoms with Crippen molar-refractivity contribution in [1.82, 2.24) is 26.6 Å². The van der Waals surface area contributed by atoms with Crippen LogP contribution in [0, 0.1) is 11.8 Å². The van der Waals surface area contributed by atoms with E-state index in [4.69, 9.17) is 18.9 Å². The lowest BCUT2D eigenvalue weighted by Crippen LogP contribution is -2.59. The molecule has 2 aliphatic rings. The van der Waals surface area contributed by atoms with E-state index in [1.807, 2.05) is 13.8 Å². The van der Waals surface area contributed by atoms with Crippen LogP contribution in [-0.2, 0) is 47.7 Å². The molecule has 1 aliphatic heterocycles. The van der Waals surface area contributed by atoms with Crippen LogP contribution in [0.3, 0.4) is 0 Å². The van der Waals surface area contributed by atoms with Crippen LogP contribution < -0.4 is 26.6 Å². The molecule has 3 unspecified atom stereocenters. The first-order valence-corrected chi connectivity index (χ1v) is 19.2. The third-order valence-corrected chi connectivity index (χ3v) is 8.90. The van der Waals surface area contributed by atoms with Crippen LogP contribution in [0.25, 0.3) is 0 Å². The molecule has 55 heavy (non-hydrogen) atoms. The zero-order chi connectivity index (χ0) is 40.5. The Kier molecular flexibility index (Phi) is 18.0. The molecule has 1 aromatic carbocycles. The number of carbonyl (C=O) groups is 7. The Hall–Kier alpha value is -4.57. The van der Waals surface area contributed by atoms with Crippen LogP contribution in [0.5, 0.6) is 0 Å². The highest BCUT2D eigenvalue weighted by molar-refractivity contribution is 6.38. The molecule has 0 spiro atoms. The minimum absolute atomic E-state index is 0.0734. The zero-order valence-electron chi connectivity index (χ0n) is 32.9. The third kappa shape index (κ3) is 15.6. The smallest absolute Gasteiger partial charge is 0.407 e. The van der Waals surface area contributed by atoms with Crippen LogP contribution in [-0.4, -0.2) is 97.9 Å². The van der Waals surface area contributed by atoms with Crippen LogP contribution in [0.2, 0.25) is 0 Å². The van der Waals surface area contributed by atoms with Gasteiger partial charge in [0.1, 0.15) is 17.7 Å². The van der Waals surface area contributed by atoms with Gasteiger partial charge in [-0.2, -0.15) is 0 Å². The lowest BCUT2D eigenvalue weighted by Gasteiger charge is -2.31. The van der Waals surface area contributed by atoms with Gasteiger partial charge in [0, 0.05) is 6.42 Å². The highest BCUT2D eigenvalue weighted by Gasteiger charge is 2.37. The predicted molar refractivity (Wildman–Crippen MR) is 200 cm³/mol. The number of rotatable bonds is 19. The predicted octanol–water partition coefficient (Wildman–Crippen LogP) is 2.73. The van der Waals surface area contributed by atoms with Crippen molar-refractivity contribution >= 4 is 41.5 Å². The summed E-state index contributed by atoms with van der Waals surface area (Å²) in [6.45, 7) is 10.7. The van der Waals surface area contributed by atoms with E-state index in [1.165, 1.54) is 0 Å². The Bertz CT molecular complexity index is 1450. The molecule has 0 bridgehead atoms. The van der Waals surface area contributed by atoms with Crippen molar-refractivity contribution in [3.05, 3.63) is 35.9 Å². The molecular weight excluding hydrogens is 714 g/mol. The average molecular weight is 774 g/mol. The maximum atomic E-state index is 13.8. The lowest BCUT2D eigenvalue weighted by molar-refractivity contribution is -0.158. The van der Waals surface area contributed by atoms with Gasteiger partial charge in [-0.3, -0.25) is 24.0 Å². The summed E-state index contributed by atoms with van der Waals surface area (Å²) in [4.78, 5) is 92.7. The van der Waals surface area contributed by atoms with Crippen molar-refractivity contribution in [1.29, 1.82) is 0 Å². The number of carbonyl (C=O) groups excluding carboxylic acids is 7. The summed E-state index contributed by atoms with van der Waals surface area (Å²) in [6.07, 6.45) is 2.97. The third-order valence-electron chi connectivity index (χ3n) is 8.90. The van der Waals surface area contributed by atoms with E-state index in [1.54, 1.807) is 58.0 Å². The second kappa shape index (κ2) is 22.1. The standard InChI is InChI=1S/C39H59N5O11/c1-7-14-27(33(46)36(49)40-22-29(45)43-32(26-17-12-9-13-18-26)37(50)55-39(4,5)6)41-34(47)28(21-30-52-19-20-53-30)42-35(48)31(25-15-10-8-11-16-25)44-38(51)54-23-24(2)3/h9,12-13,17-18,24-25,27-28,30-32H,7-8,10-11,14-16,19-23H2,1-6H3,(H,40,49)(H,41,47)(H,42,48)(H,43,45)(H,44,51)/t27-,28?,31?,32?/m0/s1. The molecule has 4 atom stereocenters. The quantitative estimate of drug-likeness (QED) is 0.102. The highest BCUT2D eigenvalue weighted by Crippen LogP contribution is 2.27. The molecule has 1 heterocycles. The number of alkyl carbamates (subject to hydrolysis) is 1. The molecule has 16 heteroatoms. The summed E-state index contributed by atoms with van der Waals surface area (Å²) < 4.78 is 21.9. The molecule has 5 N–H and O–H groups in total. The minimum Gasteiger partial charge on any atom is -0.458 e. The van der Waals surface area contributed by atoms with Gasteiger partial charge in [0.15, 0.2) is 12.3 Å². The number of esters is 1. The topological polar surface area (TPSA) is 217 Å². The molecule has 0 radical (unpaired) electrons. The molecule has 2 fully saturated rings. The van der Waals surface area contributed by atoms with E-state index in [2.05, 4.69) is 26.6 Å². The van der Waals surface area contributed by atoms with Crippen LogP contribution in [0.1, 0.15) is 105 Å². The first kappa shape index (κ1) is 44.8. The molecule has 1 aromatic rings. The Labute approximate surface area is 323 Å². The van der Waals surface area contributed by atoms with Crippen molar-refractivity contribution in [2.24, 2.45) is 11.8 Å². The Morgan fingerprint density at radius 3 is 2.07 bits per heavy atom. The molecule has 306 valence electrons. The molecular formula is C39H59N5O11. The zero-order valence-corrected chi connectivity index (χ0v) is 32.9. The van der Waals surface area contributed by atoms with Gasteiger partial charge in [-0.05, 0) is 57.4 Å². The Morgan fingerprint density at radius 2 is 1.47 bits per heavy atom. The maximum absolute atomic E-state index is 13.8. The summed E-state index contributed by atoms with van der Waals surface area (Å²) in [5, 5.41) is 12.9. The number of Topliss-reactive ketones (excluding diaryl/α,β-unsaturated/α-hetero) is 1. The van der Waals surface area contributed by atoms with E-state index in [-0.39, 0.29) is 44.5 Å². The highest BCUT2D eigenvalue weighted by atomic mass is 16.7. The fourth-order valence-electron chi connectivity index (χ4n) is 6.24. The van der Waals surface area contributed by atoms with Crippen molar-refractivity contribution in [2.75, 3.05) is 26.4 Å². The second-order valence-corrected chi connectivity index (χ2v) is 15.3. The maximum Gasteiger partial charge on any atom is 0.407 e. The Balaban J connectivity index is 1.70. The van der Waals surface area contributed by atoms with Crippen molar-refractivity contribution in [3.8, 4) is 0 Å². The SMILES string of the molecule is CCC[C@H](NC(=O)C(CC1OCCO1)NC(=O)C(NC(=O)OCC(C)C)C1CCCCC1)C(=O)C(=O)NCC(=O)NC(C(=O)OC(C)(C)C)c1ccccc1. The number of nitrogens with one attached hydrogen (secondary N) is 5. The van der Waals surface area contributed by atoms with Crippen LogP contribution in [0.4, 0.5) is 4.79 Å². The van der Waals surface area contributed by atoms with Crippen molar-refractivity contribution in [3.63, 3.8) is 0 Å². The monoisotopic (exact) mass is 773 g/mol. The molecule has 16 nitrogen and oxygen atoms in total. The van der Waals surface area contributed by atoms with Crippen molar-refractivity contribution < 1.29 is 52.5 Å². The number of hydrogen-bond donors (Lipinski definition) is 5. The fourth-order valence-corrected chi connectivity index (χ4v) is 6.24. The molecule has 1 saturated carbocycles. The number of hydrogen-bond acceptors (Lipinski definition) is 11. The van der Waals surface area contributed by atoms with Crippen LogP contribution in [0.15, 0.2) is 30.3 Å². The minimum atomic E-state index is -1.30. The fraction of sp³-hybridized carbons (Fsp3) is 0.667. The number of benzene rings is 1.